The highest BCUT2D eigenvalue weighted by Crippen LogP contribution is 2.45. The third-order valence-corrected chi connectivity index (χ3v) is 8.72. The third kappa shape index (κ3) is 5.98. The molecule has 2 N–H and O–H groups in total. The van der Waals surface area contributed by atoms with E-state index in [-0.39, 0.29) is 47.4 Å². The molecule has 2 saturated heterocycles. The molecule has 0 spiro atoms. The number of carbonyl (C=O) groups excluding carboxylic acids is 1. The van der Waals surface area contributed by atoms with Gasteiger partial charge in [0.25, 0.3) is 0 Å². The van der Waals surface area contributed by atoms with Gasteiger partial charge >= 0.3 is 12.2 Å². The lowest BCUT2D eigenvalue weighted by Crippen LogP contribution is -2.49. The van der Waals surface area contributed by atoms with Crippen LogP contribution in [-0.2, 0) is 23.8 Å². The Kier molecular flexibility index (Phi) is 8.13. The number of nitrogens with two attached hydrogens (primary N) is 1. The summed E-state index contributed by atoms with van der Waals surface area (Å²) in [6.07, 6.45) is -0.367. The Hall–Kier alpha value is -3.41. The van der Waals surface area contributed by atoms with E-state index in [9.17, 15) is 18.0 Å². The van der Waals surface area contributed by atoms with Crippen molar-refractivity contribution in [2.45, 2.75) is 57.7 Å². The monoisotopic (exact) mass is 573 g/mol. The summed E-state index contributed by atoms with van der Waals surface area (Å²) in [6.45, 7) is 10.6. The smallest absolute Gasteiger partial charge is 0.418 e. The molecule has 4 heterocycles. The van der Waals surface area contributed by atoms with Gasteiger partial charge in [-0.3, -0.25) is 4.79 Å². The number of hydrogen-bond acceptors (Lipinski definition) is 8. The number of anilines is 2. The number of alkyl halides is 3. The van der Waals surface area contributed by atoms with Crippen molar-refractivity contribution < 1.29 is 22.7 Å². The molecular formula is C29H38F3N7O2. The Morgan fingerprint density at radius 1 is 1.17 bits per heavy atom. The number of fused-ring (bicyclic) bond motifs is 1. The normalized spacial score (nSPS) is 23.4. The fraction of sp³-hybridized carbons (Fsp3) is 0.586. The van der Waals surface area contributed by atoms with Crippen LogP contribution in [0.25, 0.3) is 0 Å². The van der Waals surface area contributed by atoms with E-state index in [1.165, 1.54) is 19.1 Å². The molecule has 5 rings (SSSR count). The van der Waals surface area contributed by atoms with E-state index in [0.29, 0.717) is 44.9 Å². The van der Waals surface area contributed by atoms with Crippen LogP contribution in [0.5, 0.6) is 6.01 Å². The van der Waals surface area contributed by atoms with E-state index in [1.807, 2.05) is 6.92 Å². The SMILES string of the molecule is C=CC(=O)N1CCN(c2nc(OCC3CCCN3C)nc3c2CC(C)C(c2nc(N)cc(C)c2C(F)(F)F)C3)CC1. The summed E-state index contributed by atoms with van der Waals surface area (Å²) in [6, 6.07) is 1.76. The van der Waals surface area contributed by atoms with Crippen LogP contribution in [0, 0.1) is 12.8 Å². The number of rotatable bonds is 6. The van der Waals surface area contributed by atoms with Crippen LogP contribution in [0.3, 0.4) is 0 Å². The number of aromatic nitrogens is 3. The summed E-state index contributed by atoms with van der Waals surface area (Å²) in [5.74, 6) is 0.000123. The second kappa shape index (κ2) is 11.5. The number of pyridine rings is 1. The van der Waals surface area contributed by atoms with Gasteiger partial charge in [-0.15, -0.1) is 0 Å². The highest BCUT2D eigenvalue weighted by molar-refractivity contribution is 5.87. The van der Waals surface area contributed by atoms with Crippen LogP contribution in [0.4, 0.5) is 24.8 Å². The Labute approximate surface area is 238 Å². The molecule has 222 valence electrons. The van der Waals surface area contributed by atoms with Crippen LogP contribution in [0.15, 0.2) is 18.7 Å². The summed E-state index contributed by atoms with van der Waals surface area (Å²) in [5.41, 5.74) is 6.86. The van der Waals surface area contributed by atoms with E-state index in [0.717, 1.165) is 30.8 Å². The van der Waals surface area contributed by atoms with Gasteiger partial charge in [-0.25, -0.2) is 4.98 Å². The van der Waals surface area contributed by atoms with E-state index in [4.69, 9.17) is 20.4 Å². The zero-order valence-electron chi connectivity index (χ0n) is 23.9. The molecular weight excluding hydrogens is 535 g/mol. The molecule has 3 aliphatic rings. The van der Waals surface area contributed by atoms with Crippen molar-refractivity contribution >= 4 is 17.5 Å². The van der Waals surface area contributed by atoms with Gasteiger partial charge in [-0.05, 0) is 69.8 Å². The molecule has 2 aliphatic heterocycles. The second-order valence-electron chi connectivity index (χ2n) is 11.5. The van der Waals surface area contributed by atoms with Gasteiger partial charge < -0.3 is 25.2 Å². The molecule has 0 aromatic carbocycles. The molecule has 0 bridgehead atoms. The van der Waals surface area contributed by atoms with Gasteiger partial charge in [-0.1, -0.05) is 13.5 Å². The molecule has 41 heavy (non-hydrogen) atoms. The quantitative estimate of drug-likeness (QED) is 0.524. The number of likely N-dealkylation sites (N-methyl/N-ethyl adjacent to an activating group) is 1. The Balaban J connectivity index is 1.50. The van der Waals surface area contributed by atoms with Crippen molar-refractivity contribution in [3.63, 3.8) is 0 Å². The molecule has 1 amide bonds. The third-order valence-electron chi connectivity index (χ3n) is 8.72. The zero-order chi connectivity index (χ0) is 29.5. The molecule has 0 radical (unpaired) electrons. The first-order valence-corrected chi connectivity index (χ1v) is 14.2. The van der Waals surface area contributed by atoms with Crippen molar-refractivity contribution in [3.8, 4) is 6.01 Å². The number of aryl methyl sites for hydroxylation is 1. The Morgan fingerprint density at radius 2 is 1.90 bits per heavy atom. The zero-order valence-corrected chi connectivity index (χ0v) is 23.9. The molecule has 0 saturated carbocycles. The van der Waals surface area contributed by atoms with E-state index in [2.05, 4.69) is 28.4 Å². The van der Waals surface area contributed by atoms with Gasteiger partial charge in [0.2, 0.25) is 5.91 Å². The number of carbonyl (C=O) groups is 1. The van der Waals surface area contributed by atoms with E-state index < -0.39 is 17.7 Å². The fourth-order valence-corrected chi connectivity index (χ4v) is 6.43. The van der Waals surface area contributed by atoms with Crippen molar-refractivity contribution in [3.05, 3.63) is 46.8 Å². The summed E-state index contributed by atoms with van der Waals surface area (Å²) in [5, 5.41) is 0. The molecule has 2 fully saturated rings. The number of amides is 1. The molecule has 2 aromatic heterocycles. The van der Waals surface area contributed by atoms with Gasteiger partial charge in [0.05, 0.1) is 17.0 Å². The molecule has 1 aliphatic carbocycles. The first-order chi connectivity index (χ1) is 19.5. The van der Waals surface area contributed by atoms with Gasteiger partial charge in [-0.2, -0.15) is 23.1 Å². The predicted molar refractivity (Wildman–Crippen MR) is 150 cm³/mol. The van der Waals surface area contributed by atoms with Crippen molar-refractivity contribution in [1.82, 2.24) is 24.8 Å². The Morgan fingerprint density at radius 3 is 2.54 bits per heavy atom. The highest BCUT2D eigenvalue weighted by atomic mass is 19.4. The average Bonchev–Trinajstić information content (AvgIpc) is 3.34. The predicted octanol–water partition coefficient (Wildman–Crippen LogP) is 3.61. The minimum absolute atomic E-state index is 0.0279. The maximum absolute atomic E-state index is 14.2. The maximum atomic E-state index is 14.2. The molecule has 9 nitrogen and oxygen atoms in total. The number of likely N-dealkylation sites (tertiary alicyclic amines) is 1. The lowest BCUT2D eigenvalue weighted by Gasteiger charge is -2.38. The average molecular weight is 574 g/mol. The van der Waals surface area contributed by atoms with Crippen molar-refractivity contribution in [2.24, 2.45) is 5.92 Å². The number of halogens is 3. The number of ether oxygens (including phenoxy) is 1. The first kappa shape index (κ1) is 29.1. The van der Waals surface area contributed by atoms with Crippen LogP contribution in [-0.4, -0.2) is 83.1 Å². The lowest BCUT2D eigenvalue weighted by atomic mass is 9.75. The number of piperazine rings is 1. The molecule has 3 atom stereocenters. The number of hydrogen-bond donors (Lipinski definition) is 1. The second-order valence-corrected chi connectivity index (χ2v) is 11.5. The minimum Gasteiger partial charge on any atom is -0.462 e. The van der Waals surface area contributed by atoms with Gasteiger partial charge in [0, 0.05) is 43.7 Å². The molecule has 12 heteroatoms. The number of nitrogen functional groups attached to an aromatic ring is 1. The van der Waals surface area contributed by atoms with Crippen molar-refractivity contribution in [2.75, 3.05) is 57.0 Å². The van der Waals surface area contributed by atoms with Crippen LogP contribution >= 0.6 is 0 Å². The highest BCUT2D eigenvalue weighted by Gasteiger charge is 2.42. The summed E-state index contributed by atoms with van der Waals surface area (Å²) in [7, 11) is 2.06. The lowest BCUT2D eigenvalue weighted by molar-refractivity contribution is -0.139. The maximum Gasteiger partial charge on any atom is 0.418 e. The Bertz CT molecular complexity index is 1310. The van der Waals surface area contributed by atoms with Crippen LogP contribution < -0.4 is 15.4 Å². The largest absolute Gasteiger partial charge is 0.462 e. The van der Waals surface area contributed by atoms with E-state index in [1.54, 1.807) is 4.90 Å². The molecule has 2 aromatic rings. The topological polar surface area (TPSA) is 101 Å². The van der Waals surface area contributed by atoms with Gasteiger partial charge in [0.15, 0.2) is 0 Å². The summed E-state index contributed by atoms with van der Waals surface area (Å²) in [4.78, 5) is 32.1. The van der Waals surface area contributed by atoms with Crippen molar-refractivity contribution in [1.29, 1.82) is 0 Å². The first-order valence-electron chi connectivity index (χ1n) is 14.2. The van der Waals surface area contributed by atoms with Gasteiger partial charge in [0.1, 0.15) is 18.2 Å². The minimum atomic E-state index is -4.55. The fourth-order valence-electron chi connectivity index (χ4n) is 6.43. The number of nitrogens with zero attached hydrogens (tertiary/aromatic N) is 6. The summed E-state index contributed by atoms with van der Waals surface area (Å²) < 4.78 is 48.8. The molecule has 3 unspecified atom stereocenters. The summed E-state index contributed by atoms with van der Waals surface area (Å²) >= 11 is 0. The standard InChI is InChI=1S/C29H38F3N7O2/c1-5-24(40)38-9-11-39(12-10-38)27-21-13-17(2)20(26-25(29(30,31)32)18(3)14-23(33)35-26)15-22(21)34-28(36-27)41-16-19-7-6-8-37(19)4/h5,14,17,19-20H,1,6-13,15-16H2,2-4H3,(H2,33,35). The van der Waals surface area contributed by atoms with Crippen LogP contribution in [0.1, 0.15) is 53.8 Å². The van der Waals surface area contributed by atoms with Crippen LogP contribution in [0.2, 0.25) is 0 Å². The van der Waals surface area contributed by atoms with E-state index >= 15 is 0 Å².